The molecule has 0 saturated carbocycles. The van der Waals surface area contributed by atoms with E-state index in [1.54, 1.807) is 12.1 Å². The molecule has 7 heteroatoms. The van der Waals surface area contributed by atoms with Gasteiger partial charge < -0.3 is 20.1 Å². The van der Waals surface area contributed by atoms with Gasteiger partial charge in [-0.25, -0.2) is 4.39 Å². The van der Waals surface area contributed by atoms with Crippen LogP contribution in [-0.4, -0.2) is 37.7 Å². The first kappa shape index (κ1) is 21.2. The van der Waals surface area contributed by atoms with E-state index >= 15 is 0 Å². The molecule has 1 unspecified atom stereocenters. The van der Waals surface area contributed by atoms with Gasteiger partial charge in [0.2, 0.25) is 0 Å². The van der Waals surface area contributed by atoms with Crippen molar-refractivity contribution in [1.29, 1.82) is 0 Å². The largest absolute Gasteiger partial charge is 0.493 e. The highest BCUT2D eigenvalue weighted by Crippen LogP contribution is 2.14. The summed E-state index contributed by atoms with van der Waals surface area (Å²) in [6.07, 6.45) is 0.606. The van der Waals surface area contributed by atoms with Crippen LogP contribution in [0.25, 0.3) is 0 Å². The summed E-state index contributed by atoms with van der Waals surface area (Å²) < 4.78 is 24.2. The van der Waals surface area contributed by atoms with Crippen LogP contribution in [0.3, 0.4) is 0 Å². The molecule has 0 amide bonds. The highest BCUT2D eigenvalue weighted by atomic mass is 35.5. The molecule has 2 N–H and O–H groups in total. The average molecular weight is 395 g/mol. The van der Waals surface area contributed by atoms with Gasteiger partial charge in [0.25, 0.3) is 0 Å². The summed E-state index contributed by atoms with van der Waals surface area (Å²) in [5.74, 6) is -0.129. The molecule has 0 aliphatic carbocycles. The van der Waals surface area contributed by atoms with Gasteiger partial charge in [0, 0.05) is 25.2 Å². The van der Waals surface area contributed by atoms with E-state index in [1.165, 1.54) is 12.1 Å². The number of halogens is 2. The number of esters is 1. The Bertz CT molecular complexity index is 717. The molecular formula is C20H24ClFN2O3. The number of piperazine rings is 1. The number of hydrogen-bond acceptors (Lipinski definition) is 5. The van der Waals surface area contributed by atoms with Gasteiger partial charge in [0.15, 0.2) is 0 Å². The molecule has 0 spiro atoms. The highest BCUT2D eigenvalue weighted by molar-refractivity contribution is 5.85. The Morgan fingerprint density at radius 1 is 1.07 bits per heavy atom. The Kier molecular flexibility index (Phi) is 8.51. The van der Waals surface area contributed by atoms with Crippen LogP contribution in [0.1, 0.15) is 12.0 Å². The minimum Gasteiger partial charge on any atom is -0.493 e. The van der Waals surface area contributed by atoms with Gasteiger partial charge >= 0.3 is 5.97 Å². The summed E-state index contributed by atoms with van der Waals surface area (Å²) in [7, 11) is 0. The fraction of sp³-hybridized carbons (Fsp3) is 0.350. The van der Waals surface area contributed by atoms with Crippen LogP contribution in [0.15, 0.2) is 54.6 Å². The van der Waals surface area contributed by atoms with Crippen molar-refractivity contribution in [3.05, 3.63) is 66.0 Å². The average Bonchev–Trinajstić information content (AvgIpc) is 2.67. The Morgan fingerprint density at radius 3 is 2.63 bits per heavy atom. The first-order valence-corrected chi connectivity index (χ1v) is 8.78. The molecule has 2 aromatic carbocycles. The van der Waals surface area contributed by atoms with Crippen molar-refractivity contribution in [2.24, 2.45) is 0 Å². The van der Waals surface area contributed by atoms with E-state index in [4.69, 9.17) is 9.47 Å². The van der Waals surface area contributed by atoms with E-state index < -0.39 is 6.04 Å². The summed E-state index contributed by atoms with van der Waals surface area (Å²) in [5.41, 5.74) is 0.954. The summed E-state index contributed by atoms with van der Waals surface area (Å²) in [5, 5.41) is 6.54. The molecule has 2 atom stereocenters. The van der Waals surface area contributed by atoms with Crippen LogP contribution in [0, 0.1) is 5.82 Å². The van der Waals surface area contributed by atoms with Gasteiger partial charge in [-0.15, -0.1) is 12.4 Å². The molecule has 1 aliphatic heterocycles. The predicted molar refractivity (Wildman–Crippen MR) is 104 cm³/mol. The van der Waals surface area contributed by atoms with Crippen LogP contribution in [-0.2, 0) is 16.1 Å². The van der Waals surface area contributed by atoms with Crippen LogP contribution >= 0.6 is 12.4 Å². The topological polar surface area (TPSA) is 59.6 Å². The second-order valence-electron chi connectivity index (χ2n) is 6.18. The summed E-state index contributed by atoms with van der Waals surface area (Å²) >= 11 is 0. The predicted octanol–water partition coefficient (Wildman–Crippen LogP) is 2.69. The second-order valence-corrected chi connectivity index (χ2v) is 6.18. The number of hydrogen-bond donors (Lipinski definition) is 2. The fourth-order valence-corrected chi connectivity index (χ4v) is 2.94. The quantitative estimate of drug-likeness (QED) is 0.707. The third-order valence-corrected chi connectivity index (χ3v) is 4.27. The number of carbonyl (C=O) groups is 1. The minimum absolute atomic E-state index is 0. The third-order valence-electron chi connectivity index (χ3n) is 4.27. The molecule has 1 heterocycles. The Labute approximate surface area is 164 Å². The van der Waals surface area contributed by atoms with E-state index in [-0.39, 0.29) is 36.8 Å². The van der Waals surface area contributed by atoms with Gasteiger partial charge in [-0.1, -0.05) is 36.4 Å². The van der Waals surface area contributed by atoms with Crippen molar-refractivity contribution in [3.63, 3.8) is 0 Å². The zero-order valence-corrected chi connectivity index (χ0v) is 15.7. The van der Waals surface area contributed by atoms with Crippen molar-refractivity contribution in [1.82, 2.24) is 10.6 Å². The molecule has 1 aliphatic rings. The lowest BCUT2D eigenvalue weighted by atomic mass is 10.0. The molecule has 5 nitrogen and oxygen atoms in total. The Balaban J connectivity index is 0.00000261. The van der Waals surface area contributed by atoms with E-state index in [1.807, 2.05) is 30.3 Å². The molecule has 27 heavy (non-hydrogen) atoms. The number of rotatable bonds is 7. The SMILES string of the molecule is Cl.O=C(OCc1ccccc1)C1NCCN[C@@H]1CCOc1cccc(F)c1. The maximum Gasteiger partial charge on any atom is 0.325 e. The van der Waals surface area contributed by atoms with E-state index in [9.17, 15) is 9.18 Å². The van der Waals surface area contributed by atoms with Crippen LogP contribution in [0.5, 0.6) is 5.75 Å². The molecule has 146 valence electrons. The van der Waals surface area contributed by atoms with Crippen LogP contribution in [0.4, 0.5) is 4.39 Å². The molecule has 0 aromatic heterocycles. The molecule has 1 saturated heterocycles. The van der Waals surface area contributed by atoms with Gasteiger partial charge in [-0.3, -0.25) is 4.79 Å². The van der Waals surface area contributed by atoms with Crippen molar-refractivity contribution in [3.8, 4) is 5.75 Å². The normalized spacial score (nSPS) is 19.0. The van der Waals surface area contributed by atoms with Gasteiger partial charge in [-0.2, -0.15) is 0 Å². The summed E-state index contributed by atoms with van der Waals surface area (Å²) in [6, 6.07) is 15.1. The third kappa shape index (κ3) is 6.50. The van der Waals surface area contributed by atoms with Crippen LogP contribution in [0.2, 0.25) is 0 Å². The van der Waals surface area contributed by atoms with Gasteiger partial charge in [0.1, 0.15) is 24.2 Å². The molecule has 0 bridgehead atoms. The first-order valence-electron chi connectivity index (χ1n) is 8.78. The smallest absolute Gasteiger partial charge is 0.325 e. The lowest BCUT2D eigenvalue weighted by Gasteiger charge is -2.32. The lowest BCUT2D eigenvalue weighted by Crippen LogP contribution is -2.60. The highest BCUT2D eigenvalue weighted by Gasteiger charge is 2.31. The minimum atomic E-state index is -0.427. The Hall–Kier alpha value is -2.15. The molecule has 1 fully saturated rings. The fourth-order valence-electron chi connectivity index (χ4n) is 2.94. The zero-order chi connectivity index (χ0) is 18.2. The molecular weight excluding hydrogens is 371 g/mol. The van der Waals surface area contributed by atoms with E-state index in [0.717, 1.165) is 12.1 Å². The first-order chi connectivity index (χ1) is 12.7. The summed E-state index contributed by atoms with van der Waals surface area (Å²) in [4.78, 5) is 12.4. The molecule has 3 rings (SSSR count). The maximum absolute atomic E-state index is 13.2. The number of ether oxygens (including phenoxy) is 2. The standard InChI is InChI=1S/C20H23FN2O3.ClH/c21-16-7-4-8-17(13-16)25-12-9-18-19(23-11-10-22-18)20(24)26-14-15-5-2-1-3-6-15;/h1-8,13,18-19,22-23H,9-12,14H2;1H/t18-,19?;/m1./s1. The van der Waals surface area contributed by atoms with Crippen molar-refractivity contribution < 1.29 is 18.7 Å². The molecule has 2 aromatic rings. The summed E-state index contributed by atoms with van der Waals surface area (Å²) in [6.45, 7) is 2.11. The van der Waals surface area contributed by atoms with E-state index in [2.05, 4.69) is 10.6 Å². The maximum atomic E-state index is 13.2. The number of nitrogens with one attached hydrogen (secondary N) is 2. The van der Waals surface area contributed by atoms with Crippen molar-refractivity contribution in [2.75, 3.05) is 19.7 Å². The monoisotopic (exact) mass is 394 g/mol. The van der Waals surface area contributed by atoms with E-state index in [0.29, 0.717) is 25.3 Å². The second kappa shape index (κ2) is 10.9. The number of carbonyl (C=O) groups excluding carboxylic acids is 1. The lowest BCUT2D eigenvalue weighted by molar-refractivity contribution is -0.149. The van der Waals surface area contributed by atoms with Gasteiger partial charge in [0.05, 0.1) is 6.61 Å². The zero-order valence-electron chi connectivity index (χ0n) is 14.9. The van der Waals surface area contributed by atoms with Gasteiger partial charge in [-0.05, 0) is 24.1 Å². The number of benzene rings is 2. The van der Waals surface area contributed by atoms with Crippen molar-refractivity contribution in [2.45, 2.75) is 25.1 Å². The Morgan fingerprint density at radius 2 is 1.85 bits per heavy atom. The van der Waals surface area contributed by atoms with Crippen molar-refractivity contribution >= 4 is 18.4 Å². The van der Waals surface area contributed by atoms with Crippen LogP contribution < -0.4 is 15.4 Å². The molecule has 0 radical (unpaired) electrons.